The number of alkyl halides is 6. The molecule has 19 rings (SSSR count). The van der Waals surface area contributed by atoms with Gasteiger partial charge in [0.1, 0.15) is 24.4 Å². The topological polar surface area (TPSA) is 295 Å². The molecule has 29 nitrogen and oxygen atoms in total. The predicted molar refractivity (Wildman–Crippen MR) is 499 cm³/mol. The normalized spacial score (nSPS) is 21.2. The van der Waals surface area contributed by atoms with Crippen LogP contribution in [0.3, 0.4) is 0 Å². The maximum Gasteiger partial charge on any atom is 0.498 e. The van der Waals surface area contributed by atoms with Crippen LogP contribution in [0.2, 0.25) is 0 Å². The molecule has 3 aromatic heterocycles. The molecule has 0 bridgehead atoms. The van der Waals surface area contributed by atoms with Gasteiger partial charge in [-0.25, -0.2) is 28.8 Å². The predicted octanol–water partition coefficient (Wildman–Crippen LogP) is 22.5. The van der Waals surface area contributed by atoms with E-state index >= 15 is 0 Å². The van der Waals surface area contributed by atoms with Gasteiger partial charge < -0.3 is 47.9 Å². The summed E-state index contributed by atoms with van der Waals surface area (Å²) in [5.74, 6) is -3.74. The van der Waals surface area contributed by atoms with Crippen LogP contribution in [0.15, 0.2) is 119 Å². The molecule has 8 heterocycles. The van der Waals surface area contributed by atoms with Crippen LogP contribution in [0.4, 0.5) is 94.9 Å². The van der Waals surface area contributed by atoms with E-state index in [2.05, 4.69) is 139 Å². The van der Waals surface area contributed by atoms with Gasteiger partial charge in [0.15, 0.2) is 0 Å². The van der Waals surface area contributed by atoms with E-state index in [0.29, 0.717) is 70.5 Å². The summed E-state index contributed by atoms with van der Waals surface area (Å²) in [7, 11) is 2.30. The maximum atomic E-state index is 13.1. The SMILES string of the molecule is CC1(C)OB(c2cnn(C3CC3)c2)OC1(C)C.COC(=O)Cl.COC(=O)N1c2ccc(-c3cnn(C4CC4)c3)cc2N(C(=O)OC2CCCC2)C[C@@H]1C.C[C@H]1CCc2cc(Br)ccc2N1C(=O)C(F)(F)F.C[C@H]1CN(C(=O)OC2CCCC2)c2cc(-c3cnn(C4CC4)c3)ccc2N1.C[C@H]1CN(C(=O)OC2CCCC2)c2cc(Br)ccc2N1C(=O)C(F)(F)F.O=C(Cl)OC1CCCC1. The molecule has 40 heteroatoms. The number of carbonyl (C=O) groups excluding carboxylic acids is 8. The number of carbonyl (C=O) groups is 8. The van der Waals surface area contributed by atoms with E-state index in [9.17, 15) is 64.7 Å². The number of aromatic nitrogens is 6. The van der Waals surface area contributed by atoms with Gasteiger partial charge >= 0.3 is 66.5 Å². The van der Waals surface area contributed by atoms with Crippen LogP contribution >= 0.6 is 55.1 Å². The Morgan fingerprint density at radius 1 is 0.429 bits per heavy atom. The second kappa shape index (κ2) is 43.6. The average molecular weight is 2030 g/mol. The lowest BCUT2D eigenvalue weighted by Gasteiger charge is -2.41. The second-order valence-corrected chi connectivity index (χ2v) is 39.0. The molecule has 0 radical (unpaired) electrons. The first-order chi connectivity index (χ1) is 63.1. The molecule has 6 amide bonds. The Hall–Kier alpha value is -9.63. The number of nitrogens with zero attached hydrogens (tertiary/aromatic N) is 12. The molecule has 1 N–H and O–H groups in total. The molecule has 5 aliphatic heterocycles. The number of benzene rings is 4. The van der Waals surface area contributed by atoms with Gasteiger partial charge in [0.05, 0.1) is 109 Å². The van der Waals surface area contributed by atoms with Crippen molar-refractivity contribution in [2.24, 2.45) is 0 Å². The van der Waals surface area contributed by atoms with Crippen molar-refractivity contribution in [3.05, 3.63) is 124 Å². The largest absolute Gasteiger partial charge is 0.498 e. The number of halogens is 10. The molecule has 7 saturated carbocycles. The van der Waals surface area contributed by atoms with Crippen LogP contribution in [-0.4, -0.2) is 189 Å². The molecule has 4 aromatic carbocycles. The molecule has 133 heavy (non-hydrogen) atoms. The summed E-state index contributed by atoms with van der Waals surface area (Å²) in [5.41, 5.74) is 7.70. The number of rotatable bonds is 10. The summed E-state index contributed by atoms with van der Waals surface area (Å²) in [4.78, 5) is 102. The lowest BCUT2D eigenvalue weighted by Crippen LogP contribution is -2.55. The molecule has 0 unspecified atom stereocenters. The summed E-state index contributed by atoms with van der Waals surface area (Å²) in [6.07, 6.45) is 25.0. The fraction of sp³-hybridized carbons (Fsp3) is 0.559. The summed E-state index contributed by atoms with van der Waals surface area (Å²) < 4.78 is 127. The van der Waals surface area contributed by atoms with Gasteiger partial charge in [-0.05, 0) is 287 Å². The number of anilines is 7. The molecular weight excluding hydrogens is 1910 g/mol. The number of ether oxygens (including phenoxy) is 6. The number of hydrogen-bond acceptors (Lipinski definition) is 20. The maximum absolute atomic E-state index is 13.1. The first kappa shape index (κ1) is 101. The van der Waals surface area contributed by atoms with Crippen LogP contribution in [0.25, 0.3) is 22.3 Å². The van der Waals surface area contributed by atoms with Crippen molar-refractivity contribution in [2.45, 2.75) is 300 Å². The monoisotopic (exact) mass is 2020 g/mol. The van der Waals surface area contributed by atoms with Gasteiger partial charge in [-0.15, -0.1) is 0 Å². The van der Waals surface area contributed by atoms with Crippen molar-refractivity contribution in [1.29, 1.82) is 0 Å². The van der Waals surface area contributed by atoms with Crippen LogP contribution in [0, 0.1) is 0 Å². The Labute approximate surface area is 796 Å². The van der Waals surface area contributed by atoms with Crippen LogP contribution in [0.1, 0.15) is 227 Å². The van der Waals surface area contributed by atoms with Gasteiger partial charge in [0.2, 0.25) is 0 Å². The second-order valence-electron chi connectivity index (χ2n) is 36.5. The number of aryl methyl sites for hydroxylation is 1. The summed E-state index contributed by atoms with van der Waals surface area (Å²) in [5, 5.41) is 16.8. The van der Waals surface area contributed by atoms with Crippen molar-refractivity contribution >= 4 is 154 Å². The molecular formula is C93H114BBr2Cl2F6N13O16. The number of hydrogen-bond donors (Lipinski definition) is 1. The van der Waals surface area contributed by atoms with Crippen molar-refractivity contribution < 1.29 is 102 Å². The van der Waals surface area contributed by atoms with Gasteiger partial charge in [-0.1, -0.05) is 44.0 Å². The van der Waals surface area contributed by atoms with E-state index in [0.717, 1.165) is 170 Å². The number of amides is 6. The van der Waals surface area contributed by atoms with Crippen molar-refractivity contribution in [1.82, 2.24) is 29.3 Å². The fourth-order valence-corrected chi connectivity index (χ4v) is 18.4. The summed E-state index contributed by atoms with van der Waals surface area (Å²) >= 11 is 16.1. The first-order valence-electron chi connectivity index (χ1n) is 45.5. The third-order valence-electron chi connectivity index (χ3n) is 25.7. The van der Waals surface area contributed by atoms with E-state index in [1.165, 1.54) is 69.9 Å². The lowest BCUT2D eigenvalue weighted by molar-refractivity contribution is -0.171. The number of fused-ring (bicyclic) bond motifs is 4. The lowest BCUT2D eigenvalue weighted by atomic mass is 9.82. The van der Waals surface area contributed by atoms with E-state index in [4.69, 9.17) is 44.6 Å². The van der Waals surface area contributed by atoms with Crippen LogP contribution in [-0.2, 0) is 53.7 Å². The quantitative estimate of drug-likeness (QED) is 0.0576. The number of methoxy groups -OCH3 is 2. The molecule has 8 fully saturated rings. The Morgan fingerprint density at radius 3 is 1.26 bits per heavy atom. The van der Waals surface area contributed by atoms with Gasteiger partial charge in [-0.2, -0.15) is 41.6 Å². The smallest absolute Gasteiger partial charge is 0.457 e. The van der Waals surface area contributed by atoms with Crippen molar-refractivity contribution in [3.63, 3.8) is 0 Å². The summed E-state index contributed by atoms with van der Waals surface area (Å²) in [6, 6.07) is 21.8. The van der Waals surface area contributed by atoms with E-state index < -0.39 is 59.3 Å². The minimum absolute atomic E-state index is 0.0233. The van der Waals surface area contributed by atoms with Crippen LogP contribution in [0.5, 0.6) is 0 Å². The highest BCUT2D eigenvalue weighted by Gasteiger charge is 2.53. The Balaban J connectivity index is 0.000000138. The Kier molecular flexibility index (Phi) is 33.0. The van der Waals surface area contributed by atoms with Crippen LogP contribution < -0.4 is 40.2 Å². The Morgan fingerprint density at radius 2 is 0.812 bits per heavy atom. The highest BCUT2D eigenvalue weighted by atomic mass is 79.9. The average Bonchev–Trinajstić information content (AvgIpc) is 1.75. The van der Waals surface area contributed by atoms with Gasteiger partial charge in [0.25, 0.3) is 0 Å². The minimum Gasteiger partial charge on any atom is -0.457 e. The molecule has 7 aliphatic carbocycles. The van der Waals surface area contributed by atoms with Crippen molar-refractivity contribution in [3.8, 4) is 22.3 Å². The van der Waals surface area contributed by atoms with Gasteiger partial charge in [-0.3, -0.25) is 48.1 Å². The first-order valence-corrected chi connectivity index (χ1v) is 47.8. The zero-order valence-corrected chi connectivity index (χ0v) is 80.8. The van der Waals surface area contributed by atoms with E-state index in [1.54, 1.807) is 39.8 Å². The number of nitrogens with one attached hydrogen (secondary N) is 1. The fourth-order valence-electron chi connectivity index (χ4n) is 17.5. The molecule has 0 spiro atoms. The molecule has 4 atom stereocenters. The molecule has 12 aliphatic rings. The molecule has 7 aromatic rings. The van der Waals surface area contributed by atoms with Gasteiger partial charge in [0, 0.05) is 104 Å². The third-order valence-corrected chi connectivity index (χ3v) is 26.9. The molecule has 1 saturated heterocycles. The summed E-state index contributed by atoms with van der Waals surface area (Å²) in [6.45, 7) is 16.3. The highest BCUT2D eigenvalue weighted by Crippen LogP contribution is 2.47. The minimum atomic E-state index is -4.99. The third kappa shape index (κ3) is 25.8. The zero-order chi connectivity index (χ0) is 95.7. The zero-order valence-electron chi connectivity index (χ0n) is 76.1. The van der Waals surface area contributed by atoms with E-state index in [-0.39, 0.29) is 84.9 Å². The highest BCUT2D eigenvalue weighted by molar-refractivity contribution is 9.10. The van der Waals surface area contributed by atoms with Crippen molar-refractivity contribution in [2.75, 3.05) is 68.6 Å². The molecule has 720 valence electrons. The standard InChI is InChI=1S/C23H28N4O4.C21H26N4O2.C17H18BrF3N2O3.C12H19BN2O2.C12H11BrF3NO.C6H9ClO2.C2H3ClO2/c1-15-13-25(22(28)31-19-5-3-4-6-19)21-11-16(7-10-20(21)27(15)23(29)30-2)17-12-24-26(14-17)18-8-9-18;1-14-12-24(21(26)27-18-4-2-3-5-18)20-10-15(6-9-19(20)23-14)16-11-22-25(13-16)17-7-8-17;1-10-9-22(16(25)26-12-4-2-3-5-12)14-8-11(18)6-7-13(14)23(10)15(24)17(19,20)21;1-11(2)12(3,4)17-13(16-11)9-7-14-15(8-9)10-5-6-10;1-7-2-3-8-6-9(13)4-5-10(8)17(7)11(18)12(14,15)16;7-6(8)9-5-3-1-2-4-5;1-5-2(3)4/h7,10-12,14-15,18-19H,3-6,8-9,13H2,1-2H3;6,9-11,13-14,17-18,23H,2-5,7-8,12H2,1H3;6-8,10,12H,2-5,9H2,1H3;7-8,10H,5-6H2,1-4H3;4-7H,2-3H2,1H3;5H,1-4H2;1H3/t15-;14-;10-;;7-;;/m000.0../s1. The Bertz CT molecular complexity index is 5270. The van der Waals surface area contributed by atoms with E-state index in [1.807, 2.05) is 59.3 Å².